The average Bonchev–Trinajstić information content (AvgIpc) is 3.58. The summed E-state index contributed by atoms with van der Waals surface area (Å²) in [5.74, 6) is 1.96. The van der Waals surface area contributed by atoms with E-state index in [1.165, 1.54) is 44.5 Å². The zero-order valence-corrected chi connectivity index (χ0v) is 26.8. The van der Waals surface area contributed by atoms with Gasteiger partial charge < -0.3 is 0 Å². The van der Waals surface area contributed by atoms with E-state index in [0.29, 0.717) is 17.5 Å². The minimum atomic E-state index is 0. The predicted octanol–water partition coefficient (Wildman–Crippen LogP) is 12.1. The Morgan fingerprint density at radius 2 is 0.640 bits per heavy atom. The molecule has 1 aliphatic carbocycles. The van der Waals surface area contributed by atoms with Crippen molar-refractivity contribution >= 4 is 0 Å². The van der Waals surface area contributed by atoms with Crippen LogP contribution in [0.5, 0.6) is 0 Å². The van der Waals surface area contributed by atoms with E-state index < -0.39 is 0 Å². The maximum absolute atomic E-state index is 5.06. The Kier molecular flexibility index (Phi) is 8.16. The van der Waals surface area contributed by atoms with Crippen molar-refractivity contribution in [2.24, 2.45) is 0 Å². The van der Waals surface area contributed by atoms with Crippen LogP contribution in [0.2, 0.25) is 0 Å². The lowest BCUT2D eigenvalue weighted by molar-refractivity contribution is 1.07. The zero-order chi connectivity index (χ0) is 32.6. The Bertz CT molecular complexity index is 2440. The fourth-order valence-electron chi connectivity index (χ4n) is 7.01. The van der Waals surface area contributed by atoms with Crippen molar-refractivity contribution in [1.82, 2.24) is 15.0 Å². The lowest BCUT2D eigenvalue weighted by atomic mass is 9.94. The molecule has 0 atom stereocenters. The molecular formula is C47H35N3. The van der Waals surface area contributed by atoms with Gasteiger partial charge in [0.15, 0.2) is 17.5 Å². The second-order valence-electron chi connectivity index (χ2n) is 12.4. The fourth-order valence-corrected chi connectivity index (χ4v) is 7.01. The lowest BCUT2D eigenvalue weighted by Crippen LogP contribution is -2.00. The summed E-state index contributed by atoms with van der Waals surface area (Å²) >= 11 is 0. The smallest absolute Gasteiger partial charge is 0.164 e. The molecule has 8 aromatic rings. The van der Waals surface area contributed by atoms with Crippen molar-refractivity contribution in [1.29, 1.82) is 0 Å². The lowest BCUT2D eigenvalue weighted by Gasteiger charge is -2.12. The highest BCUT2D eigenvalue weighted by molar-refractivity contribution is 5.90. The van der Waals surface area contributed by atoms with Crippen molar-refractivity contribution in [2.75, 3.05) is 0 Å². The molecule has 0 N–H and O–H groups in total. The van der Waals surface area contributed by atoms with Crippen LogP contribution >= 0.6 is 0 Å². The van der Waals surface area contributed by atoms with Crippen LogP contribution in [0.15, 0.2) is 176 Å². The third kappa shape index (κ3) is 5.69. The maximum atomic E-state index is 5.06. The molecule has 0 aliphatic heterocycles. The van der Waals surface area contributed by atoms with Gasteiger partial charge in [0, 0.05) is 16.7 Å². The summed E-state index contributed by atoms with van der Waals surface area (Å²) in [6.07, 6.45) is 0.892. The Morgan fingerprint density at radius 3 is 1.22 bits per heavy atom. The third-order valence-electron chi connectivity index (χ3n) is 9.43. The first-order valence-electron chi connectivity index (χ1n) is 16.7. The van der Waals surface area contributed by atoms with E-state index in [1.807, 2.05) is 36.4 Å². The van der Waals surface area contributed by atoms with Crippen molar-refractivity contribution in [3.8, 4) is 78.7 Å². The molecule has 3 nitrogen and oxygen atoms in total. The number of aromatic nitrogens is 3. The molecule has 0 bridgehead atoms. The van der Waals surface area contributed by atoms with E-state index in [4.69, 9.17) is 15.0 Å². The summed E-state index contributed by atoms with van der Waals surface area (Å²) in [5.41, 5.74) is 15.5. The first-order valence-corrected chi connectivity index (χ1v) is 16.7. The standard InChI is InChI=1S/C46H31N3.CH4/c1-4-13-31(14-5-1)32-25-27-35(28-26-32)45-47-44(34-17-8-3-9-18-34)48-46(49-45)37-20-10-19-36(29-37)39-22-12-24-41-40-23-11-21-38(42(40)30-43(39)41)33-15-6-2-7-16-33;/h1-29H,30H2;1H4. The topological polar surface area (TPSA) is 38.7 Å². The van der Waals surface area contributed by atoms with Crippen LogP contribution < -0.4 is 0 Å². The average molecular weight is 642 g/mol. The Morgan fingerprint density at radius 1 is 0.280 bits per heavy atom. The molecule has 0 spiro atoms. The third-order valence-corrected chi connectivity index (χ3v) is 9.43. The van der Waals surface area contributed by atoms with Gasteiger partial charge >= 0.3 is 0 Å². The van der Waals surface area contributed by atoms with E-state index in [1.54, 1.807) is 0 Å². The molecule has 238 valence electrons. The normalized spacial score (nSPS) is 11.4. The van der Waals surface area contributed by atoms with Gasteiger partial charge in [-0.15, -0.1) is 0 Å². The van der Waals surface area contributed by atoms with E-state index in [-0.39, 0.29) is 7.43 Å². The number of fused-ring (bicyclic) bond motifs is 3. The van der Waals surface area contributed by atoms with Gasteiger partial charge in [-0.25, -0.2) is 15.0 Å². The zero-order valence-electron chi connectivity index (χ0n) is 26.8. The summed E-state index contributed by atoms with van der Waals surface area (Å²) in [7, 11) is 0. The number of hydrogen-bond donors (Lipinski definition) is 0. The Hall–Kier alpha value is -6.45. The van der Waals surface area contributed by atoms with Crippen LogP contribution in [0.4, 0.5) is 0 Å². The molecule has 0 fully saturated rings. The molecule has 0 saturated heterocycles. The number of hydrogen-bond acceptors (Lipinski definition) is 3. The molecular weight excluding hydrogens is 607 g/mol. The first-order chi connectivity index (χ1) is 24.3. The van der Waals surface area contributed by atoms with Crippen molar-refractivity contribution in [3.63, 3.8) is 0 Å². The Labute approximate surface area is 293 Å². The van der Waals surface area contributed by atoms with Crippen LogP contribution in [0.25, 0.3) is 78.7 Å². The minimum absolute atomic E-state index is 0. The highest BCUT2D eigenvalue weighted by Gasteiger charge is 2.24. The van der Waals surface area contributed by atoms with Crippen LogP contribution in [-0.2, 0) is 6.42 Å². The van der Waals surface area contributed by atoms with Crippen LogP contribution in [0.1, 0.15) is 18.6 Å². The van der Waals surface area contributed by atoms with Gasteiger partial charge in [-0.05, 0) is 68.1 Å². The molecule has 1 heterocycles. The maximum Gasteiger partial charge on any atom is 0.164 e. The molecule has 0 radical (unpaired) electrons. The summed E-state index contributed by atoms with van der Waals surface area (Å²) in [6.45, 7) is 0. The second-order valence-corrected chi connectivity index (χ2v) is 12.4. The predicted molar refractivity (Wildman–Crippen MR) is 207 cm³/mol. The highest BCUT2D eigenvalue weighted by Crippen LogP contribution is 2.45. The number of rotatable bonds is 6. The van der Waals surface area contributed by atoms with Gasteiger partial charge in [-0.3, -0.25) is 0 Å². The second kappa shape index (κ2) is 13.2. The fraction of sp³-hybridized carbons (Fsp3) is 0.0426. The molecule has 3 heteroatoms. The van der Waals surface area contributed by atoms with Gasteiger partial charge in [0.1, 0.15) is 0 Å². The first kappa shape index (κ1) is 30.9. The molecule has 1 aliphatic rings. The quantitative estimate of drug-likeness (QED) is 0.181. The number of benzene rings is 7. The van der Waals surface area contributed by atoms with Gasteiger partial charge in [0.05, 0.1) is 0 Å². The molecule has 1 aromatic heterocycles. The van der Waals surface area contributed by atoms with Crippen LogP contribution in [0, 0.1) is 0 Å². The van der Waals surface area contributed by atoms with Crippen molar-refractivity contribution in [2.45, 2.75) is 13.8 Å². The van der Waals surface area contributed by atoms with Gasteiger partial charge in [0.25, 0.3) is 0 Å². The monoisotopic (exact) mass is 641 g/mol. The SMILES string of the molecule is C.c1ccc(-c2ccc(-c3nc(-c4ccccc4)nc(-c4cccc(-c5cccc6c5Cc5c(-c7ccccc7)cccc5-6)c4)n3)cc2)cc1. The van der Waals surface area contributed by atoms with Crippen LogP contribution in [0.3, 0.4) is 0 Å². The molecule has 9 rings (SSSR count). The summed E-state index contributed by atoms with van der Waals surface area (Å²) in [6, 6.07) is 61.7. The molecule has 7 aromatic carbocycles. The summed E-state index contributed by atoms with van der Waals surface area (Å²) in [5, 5.41) is 0. The van der Waals surface area contributed by atoms with Crippen molar-refractivity contribution < 1.29 is 0 Å². The largest absolute Gasteiger partial charge is 0.208 e. The minimum Gasteiger partial charge on any atom is -0.208 e. The molecule has 50 heavy (non-hydrogen) atoms. The van der Waals surface area contributed by atoms with Gasteiger partial charge in [0.2, 0.25) is 0 Å². The van der Waals surface area contributed by atoms with Gasteiger partial charge in [-0.2, -0.15) is 0 Å². The number of nitrogens with zero attached hydrogens (tertiary/aromatic N) is 3. The van der Waals surface area contributed by atoms with Crippen molar-refractivity contribution in [3.05, 3.63) is 187 Å². The highest BCUT2D eigenvalue weighted by atomic mass is 15.0. The Balaban J connectivity index is 0.00000361. The van der Waals surface area contributed by atoms with E-state index >= 15 is 0 Å². The molecule has 0 unspecified atom stereocenters. The van der Waals surface area contributed by atoms with E-state index in [0.717, 1.165) is 34.2 Å². The van der Waals surface area contributed by atoms with E-state index in [9.17, 15) is 0 Å². The molecule has 0 amide bonds. The van der Waals surface area contributed by atoms with Crippen LogP contribution in [-0.4, -0.2) is 15.0 Å². The summed E-state index contributed by atoms with van der Waals surface area (Å²) in [4.78, 5) is 15.1. The van der Waals surface area contributed by atoms with E-state index in [2.05, 4.69) is 140 Å². The van der Waals surface area contributed by atoms with Gasteiger partial charge in [-0.1, -0.05) is 177 Å². The summed E-state index contributed by atoms with van der Waals surface area (Å²) < 4.78 is 0. The molecule has 0 saturated carbocycles.